The fraction of sp³-hybridized carbons (Fsp3) is 0.143. The molecular weight excluding hydrogens is 354 g/mol. The molecule has 0 heterocycles. The Labute approximate surface area is 126 Å². The van der Waals surface area contributed by atoms with E-state index in [1.165, 1.54) is 18.2 Å². The van der Waals surface area contributed by atoms with Gasteiger partial charge in [0.1, 0.15) is 18.2 Å². The summed E-state index contributed by atoms with van der Waals surface area (Å²) in [5.74, 6) is -0.397. The number of benzene rings is 2. The maximum atomic E-state index is 13.5. The van der Waals surface area contributed by atoms with Crippen molar-refractivity contribution < 1.29 is 22.3 Å². The van der Waals surface area contributed by atoms with Crippen LogP contribution in [0.5, 0.6) is 5.75 Å². The van der Waals surface area contributed by atoms with Gasteiger partial charge in [-0.1, -0.05) is 15.9 Å². The lowest BCUT2D eigenvalue weighted by Gasteiger charge is -2.12. The SMILES string of the molecule is Nc1cc(C(F)(F)F)ccc1OCc1cc(Br)ccc1F. The number of anilines is 1. The van der Waals surface area contributed by atoms with Crippen molar-refractivity contribution in [3.63, 3.8) is 0 Å². The van der Waals surface area contributed by atoms with Crippen molar-refractivity contribution in [1.29, 1.82) is 0 Å². The van der Waals surface area contributed by atoms with E-state index < -0.39 is 17.6 Å². The third-order valence-electron chi connectivity index (χ3n) is 2.73. The molecule has 0 saturated heterocycles. The molecule has 7 heteroatoms. The van der Waals surface area contributed by atoms with E-state index in [1.807, 2.05) is 0 Å². The summed E-state index contributed by atoms with van der Waals surface area (Å²) in [5.41, 5.74) is 4.78. The number of rotatable bonds is 3. The van der Waals surface area contributed by atoms with E-state index in [9.17, 15) is 17.6 Å². The molecular formula is C14H10BrF4NO. The molecule has 0 aliphatic heterocycles. The van der Waals surface area contributed by atoms with Gasteiger partial charge >= 0.3 is 6.18 Å². The lowest BCUT2D eigenvalue weighted by atomic mass is 10.2. The van der Waals surface area contributed by atoms with Gasteiger partial charge in [0.25, 0.3) is 0 Å². The first kappa shape index (κ1) is 15.6. The second kappa shape index (κ2) is 5.93. The molecule has 0 fully saturated rings. The van der Waals surface area contributed by atoms with Crippen molar-refractivity contribution in [3.8, 4) is 5.75 Å². The molecule has 2 nitrogen and oxygen atoms in total. The molecule has 0 atom stereocenters. The normalized spacial score (nSPS) is 11.5. The van der Waals surface area contributed by atoms with Crippen LogP contribution in [-0.2, 0) is 12.8 Å². The molecule has 0 saturated carbocycles. The van der Waals surface area contributed by atoms with Crippen LogP contribution in [0.4, 0.5) is 23.2 Å². The highest BCUT2D eigenvalue weighted by molar-refractivity contribution is 9.10. The Balaban J connectivity index is 2.15. The molecule has 2 N–H and O–H groups in total. The quantitative estimate of drug-likeness (QED) is 0.629. The zero-order valence-corrected chi connectivity index (χ0v) is 12.1. The third kappa shape index (κ3) is 3.87. The average molecular weight is 364 g/mol. The van der Waals surface area contributed by atoms with E-state index in [-0.39, 0.29) is 23.6 Å². The molecule has 0 aliphatic carbocycles. The maximum absolute atomic E-state index is 13.5. The van der Waals surface area contributed by atoms with Gasteiger partial charge in [0, 0.05) is 10.0 Å². The van der Waals surface area contributed by atoms with E-state index in [2.05, 4.69) is 15.9 Å². The molecule has 2 aromatic rings. The highest BCUT2D eigenvalue weighted by Crippen LogP contribution is 2.34. The summed E-state index contributed by atoms with van der Waals surface area (Å²) in [6.07, 6.45) is -4.47. The van der Waals surface area contributed by atoms with Gasteiger partial charge in [-0.05, 0) is 36.4 Å². The molecule has 0 aromatic heterocycles. The first-order valence-electron chi connectivity index (χ1n) is 5.81. The Hall–Kier alpha value is -1.76. The summed E-state index contributed by atoms with van der Waals surface area (Å²) >= 11 is 3.20. The minimum atomic E-state index is -4.47. The first-order valence-corrected chi connectivity index (χ1v) is 6.60. The molecule has 0 spiro atoms. The number of halogens is 5. The number of nitrogen functional groups attached to an aromatic ring is 1. The molecule has 0 aliphatic rings. The highest BCUT2D eigenvalue weighted by Gasteiger charge is 2.30. The monoisotopic (exact) mass is 363 g/mol. The van der Waals surface area contributed by atoms with Gasteiger partial charge in [-0.15, -0.1) is 0 Å². The topological polar surface area (TPSA) is 35.2 Å². The van der Waals surface area contributed by atoms with E-state index in [0.717, 1.165) is 18.2 Å². The molecule has 0 bridgehead atoms. The van der Waals surface area contributed by atoms with Crippen molar-refractivity contribution in [1.82, 2.24) is 0 Å². The second-order valence-corrected chi connectivity index (χ2v) is 5.19. The van der Waals surface area contributed by atoms with Crippen molar-refractivity contribution in [2.75, 3.05) is 5.73 Å². The fourth-order valence-corrected chi connectivity index (χ4v) is 2.07. The lowest BCUT2D eigenvalue weighted by Crippen LogP contribution is -2.07. The van der Waals surface area contributed by atoms with Crippen LogP contribution in [0.15, 0.2) is 40.9 Å². The van der Waals surface area contributed by atoms with E-state index >= 15 is 0 Å². The van der Waals surface area contributed by atoms with Gasteiger partial charge in [0.2, 0.25) is 0 Å². The number of alkyl halides is 3. The Morgan fingerprint density at radius 2 is 1.81 bits per heavy atom. The summed E-state index contributed by atoms with van der Waals surface area (Å²) < 4.78 is 56.9. The van der Waals surface area contributed by atoms with E-state index in [0.29, 0.717) is 4.47 Å². The zero-order valence-electron chi connectivity index (χ0n) is 10.5. The van der Waals surface area contributed by atoms with Crippen LogP contribution >= 0.6 is 15.9 Å². The van der Waals surface area contributed by atoms with Gasteiger partial charge in [-0.25, -0.2) is 4.39 Å². The Morgan fingerprint density at radius 1 is 1.10 bits per heavy atom. The predicted molar refractivity (Wildman–Crippen MR) is 74.3 cm³/mol. The molecule has 21 heavy (non-hydrogen) atoms. The minimum Gasteiger partial charge on any atom is -0.487 e. The highest BCUT2D eigenvalue weighted by atomic mass is 79.9. The zero-order chi connectivity index (χ0) is 15.6. The van der Waals surface area contributed by atoms with Crippen molar-refractivity contribution >= 4 is 21.6 Å². The molecule has 0 radical (unpaired) electrons. The lowest BCUT2D eigenvalue weighted by molar-refractivity contribution is -0.137. The van der Waals surface area contributed by atoms with Gasteiger partial charge in [-0.2, -0.15) is 13.2 Å². The van der Waals surface area contributed by atoms with Crippen molar-refractivity contribution in [2.24, 2.45) is 0 Å². The summed E-state index contributed by atoms with van der Waals surface area (Å²) in [4.78, 5) is 0. The predicted octanol–water partition coefficient (Wildman–Crippen LogP) is 4.77. The van der Waals surface area contributed by atoms with Gasteiger partial charge < -0.3 is 10.5 Å². The molecule has 0 amide bonds. The van der Waals surface area contributed by atoms with Crippen molar-refractivity contribution in [2.45, 2.75) is 12.8 Å². The average Bonchev–Trinajstić information content (AvgIpc) is 2.40. The second-order valence-electron chi connectivity index (χ2n) is 4.27. The molecule has 0 unspecified atom stereocenters. The fourth-order valence-electron chi connectivity index (χ4n) is 1.67. The van der Waals surface area contributed by atoms with Crippen LogP contribution in [-0.4, -0.2) is 0 Å². The molecule has 2 aromatic carbocycles. The van der Waals surface area contributed by atoms with Gasteiger partial charge in [-0.3, -0.25) is 0 Å². The van der Waals surface area contributed by atoms with Gasteiger partial charge in [0.05, 0.1) is 11.3 Å². The summed E-state index contributed by atoms with van der Waals surface area (Å²) in [6.45, 7) is -0.138. The smallest absolute Gasteiger partial charge is 0.416 e. The van der Waals surface area contributed by atoms with Crippen LogP contribution in [0.3, 0.4) is 0 Å². The van der Waals surface area contributed by atoms with Crippen LogP contribution in [0, 0.1) is 5.82 Å². The van der Waals surface area contributed by atoms with Crippen LogP contribution in [0.1, 0.15) is 11.1 Å². The summed E-state index contributed by atoms with van der Waals surface area (Å²) in [5, 5.41) is 0. The number of nitrogens with two attached hydrogens (primary N) is 1. The Kier molecular flexibility index (Phi) is 4.41. The van der Waals surface area contributed by atoms with Crippen LogP contribution in [0.2, 0.25) is 0 Å². The number of hydrogen-bond acceptors (Lipinski definition) is 2. The Bertz CT molecular complexity index is 658. The summed E-state index contributed by atoms with van der Waals surface area (Å²) in [6, 6.07) is 7.09. The van der Waals surface area contributed by atoms with E-state index in [4.69, 9.17) is 10.5 Å². The standard InChI is InChI=1S/C14H10BrF4NO/c15-10-2-3-11(16)8(5-10)7-21-13-4-1-9(6-12(13)20)14(17,18)19/h1-6H,7,20H2. The molecule has 112 valence electrons. The summed E-state index contributed by atoms with van der Waals surface area (Å²) in [7, 11) is 0. The molecule has 2 rings (SSSR count). The largest absolute Gasteiger partial charge is 0.487 e. The van der Waals surface area contributed by atoms with Crippen LogP contribution in [0.25, 0.3) is 0 Å². The number of ether oxygens (including phenoxy) is 1. The first-order chi connectivity index (χ1) is 9.77. The Morgan fingerprint density at radius 3 is 2.43 bits per heavy atom. The van der Waals surface area contributed by atoms with Crippen molar-refractivity contribution in [3.05, 3.63) is 57.8 Å². The number of hydrogen-bond donors (Lipinski definition) is 1. The van der Waals surface area contributed by atoms with Crippen LogP contribution < -0.4 is 10.5 Å². The third-order valence-corrected chi connectivity index (χ3v) is 3.22. The van der Waals surface area contributed by atoms with Gasteiger partial charge in [0.15, 0.2) is 0 Å². The maximum Gasteiger partial charge on any atom is 0.416 e. The minimum absolute atomic E-state index is 0.0716. The van der Waals surface area contributed by atoms with E-state index in [1.54, 1.807) is 0 Å².